The van der Waals surface area contributed by atoms with Crippen molar-refractivity contribution < 1.29 is 23.9 Å². The van der Waals surface area contributed by atoms with E-state index < -0.39 is 41.5 Å². The van der Waals surface area contributed by atoms with E-state index in [9.17, 15) is 14.4 Å². The first-order valence-corrected chi connectivity index (χ1v) is 8.34. The fourth-order valence-corrected chi connectivity index (χ4v) is 1.91. The average Bonchev–Trinajstić information content (AvgIpc) is 2.48. The van der Waals surface area contributed by atoms with Gasteiger partial charge in [0, 0.05) is 12.4 Å². The van der Waals surface area contributed by atoms with Crippen LogP contribution in [0.15, 0.2) is 12.4 Å². The van der Waals surface area contributed by atoms with Crippen molar-refractivity contribution in [2.45, 2.75) is 53.2 Å². The number of aromatic nitrogens is 2. The summed E-state index contributed by atoms with van der Waals surface area (Å²) in [6, 6.07) is -0.994. The number of esters is 1. The number of ether oxygens (including phenoxy) is 2. The Morgan fingerprint density at radius 2 is 1.65 bits per heavy atom. The lowest BCUT2D eigenvalue weighted by Gasteiger charge is -2.30. The molecule has 0 aromatic carbocycles. The van der Waals surface area contributed by atoms with Crippen LogP contribution in [0.4, 0.5) is 4.79 Å². The quantitative estimate of drug-likeness (QED) is 0.471. The Labute approximate surface area is 157 Å². The van der Waals surface area contributed by atoms with Crippen molar-refractivity contribution in [2.75, 3.05) is 6.61 Å². The van der Waals surface area contributed by atoms with Gasteiger partial charge >= 0.3 is 12.1 Å². The molecule has 0 saturated carbocycles. The van der Waals surface area contributed by atoms with Crippen molar-refractivity contribution in [2.24, 2.45) is 5.41 Å². The zero-order chi connectivity index (χ0) is 20.1. The number of ketones is 1. The minimum absolute atomic E-state index is 0.00732. The number of Topliss-reactive ketones (excluding diaryl/α,β-unsaturated/α-hetero) is 1. The Balaban J connectivity index is 2.73. The Bertz CT molecular complexity index is 662. The number of alkyl carbamates (subject to hydrolysis) is 1. The van der Waals surface area contributed by atoms with Gasteiger partial charge in [-0.25, -0.2) is 19.6 Å². The van der Waals surface area contributed by atoms with Gasteiger partial charge in [-0.1, -0.05) is 20.8 Å². The number of nitrogens with one attached hydrogen (secondary N) is 1. The van der Waals surface area contributed by atoms with Crippen molar-refractivity contribution in [3.63, 3.8) is 0 Å². The lowest BCUT2D eigenvalue weighted by molar-refractivity contribution is -0.147. The normalized spacial score (nSPS) is 12.9. The largest absolute Gasteiger partial charge is 0.456 e. The number of hydrogen-bond acceptors (Lipinski definition) is 7. The summed E-state index contributed by atoms with van der Waals surface area (Å²) in [5, 5.41) is 2.50. The lowest BCUT2D eigenvalue weighted by Crippen LogP contribution is -2.51. The molecule has 0 aliphatic heterocycles. The second-order valence-electron chi connectivity index (χ2n) is 7.72. The van der Waals surface area contributed by atoms with Gasteiger partial charge in [0.2, 0.25) is 11.1 Å². The van der Waals surface area contributed by atoms with E-state index in [0.717, 1.165) is 0 Å². The minimum atomic E-state index is -0.994. The van der Waals surface area contributed by atoms with Gasteiger partial charge in [0.1, 0.15) is 11.6 Å². The third-order valence-electron chi connectivity index (χ3n) is 3.05. The van der Waals surface area contributed by atoms with Crippen LogP contribution in [-0.4, -0.2) is 46.1 Å². The molecule has 0 aliphatic carbocycles. The number of carbonyl (C=O) groups is 3. The first kappa shape index (κ1) is 21.8. The van der Waals surface area contributed by atoms with Gasteiger partial charge in [-0.3, -0.25) is 4.79 Å². The van der Waals surface area contributed by atoms with E-state index in [-0.39, 0.29) is 10.8 Å². The molecule has 1 atom stereocenters. The van der Waals surface area contributed by atoms with Gasteiger partial charge in [-0.2, -0.15) is 0 Å². The molecule has 0 saturated heterocycles. The summed E-state index contributed by atoms with van der Waals surface area (Å²) in [6.07, 6.45) is 1.74. The number of amides is 1. The van der Waals surface area contributed by atoms with Crippen molar-refractivity contribution in [1.82, 2.24) is 15.3 Å². The monoisotopic (exact) mass is 385 g/mol. The predicted octanol–water partition coefficient (Wildman–Crippen LogP) is 2.80. The maximum absolute atomic E-state index is 12.4. The molecule has 0 unspecified atom stereocenters. The maximum Gasteiger partial charge on any atom is 0.408 e. The van der Waals surface area contributed by atoms with Crippen LogP contribution in [0, 0.1) is 5.41 Å². The Hall–Kier alpha value is -2.22. The smallest absolute Gasteiger partial charge is 0.408 e. The number of nitrogens with zero attached hydrogens (tertiary/aromatic N) is 2. The molecule has 9 heteroatoms. The van der Waals surface area contributed by atoms with Gasteiger partial charge in [0.05, 0.1) is 5.56 Å². The first-order chi connectivity index (χ1) is 11.8. The van der Waals surface area contributed by atoms with Crippen LogP contribution in [0.5, 0.6) is 0 Å². The molecule has 1 N–H and O–H groups in total. The highest BCUT2D eigenvalue weighted by atomic mass is 35.5. The number of rotatable bonds is 5. The summed E-state index contributed by atoms with van der Waals surface area (Å²) < 4.78 is 10.2. The lowest BCUT2D eigenvalue weighted by atomic mass is 9.87. The molecule has 26 heavy (non-hydrogen) atoms. The zero-order valence-electron chi connectivity index (χ0n) is 15.8. The fraction of sp³-hybridized carbons (Fsp3) is 0.588. The van der Waals surface area contributed by atoms with Crippen LogP contribution < -0.4 is 5.32 Å². The summed E-state index contributed by atoms with van der Waals surface area (Å²) >= 11 is 5.56. The third-order valence-corrected chi connectivity index (χ3v) is 3.25. The van der Waals surface area contributed by atoms with Crippen LogP contribution in [0.1, 0.15) is 51.9 Å². The molecule has 1 amide bonds. The van der Waals surface area contributed by atoms with Crippen molar-refractivity contribution in [3.05, 3.63) is 23.2 Å². The molecule has 8 nitrogen and oxygen atoms in total. The van der Waals surface area contributed by atoms with Gasteiger partial charge in [0.25, 0.3) is 0 Å². The summed E-state index contributed by atoms with van der Waals surface area (Å²) in [5.74, 6) is -1.23. The summed E-state index contributed by atoms with van der Waals surface area (Å²) in [5.41, 5.74) is -1.20. The second-order valence-corrected chi connectivity index (χ2v) is 8.05. The van der Waals surface area contributed by atoms with Crippen LogP contribution in [0.3, 0.4) is 0 Å². The number of halogens is 1. The van der Waals surface area contributed by atoms with Gasteiger partial charge in [0.15, 0.2) is 6.61 Å². The molecule has 0 spiro atoms. The van der Waals surface area contributed by atoms with Crippen LogP contribution in [-0.2, 0) is 14.3 Å². The fourth-order valence-electron chi connectivity index (χ4n) is 1.81. The third kappa shape index (κ3) is 7.35. The SMILES string of the molecule is CC(C)(C)OC(=O)N[C@H](C(=O)OCC(=O)c1cnc(Cl)nc1)C(C)(C)C. The molecule has 1 rings (SSSR count). The molecule has 1 aromatic rings. The van der Waals surface area contributed by atoms with E-state index in [2.05, 4.69) is 15.3 Å². The van der Waals surface area contributed by atoms with Crippen molar-refractivity contribution in [1.29, 1.82) is 0 Å². The summed E-state index contributed by atoms with van der Waals surface area (Å²) in [4.78, 5) is 43.8. The van der Waals surface area contributed by atoms with E-state index >= 15 is 0 Å². The highest BCUT2D eigenvalue weighted by molar-refractivity contribution is 6.28. The van der Waals surface area contributed by atoms with Gasteiger partial charge in [-0.15, -0.1) is 0 Å². The zero-order valence-corrected chi connectivity index (χ0v) is 16.5. The van der Waals surface area contributed by atoms with Crippen LogP contribution in [0.25, 0.3) is 0 Å². The highest BCUT2D eigenvalue weighted by Gasteiger charge is 2.35. The highest BCUT2D eigenvalue weighted by Crippen LogP contribution is 2.21. The molecule has 0 radical (unpaired) electrons. The summed E-state index contributed by atoms with van der Waals surface area (Å²) in [7, 11) is 0. The van der Waals surface area contributed by atoms with E-state index in [1.165, 1.54) is 12.4 Å². The molecule has 0 fully saturated rings. The van der Waals surface area contributed by atoms with Crippen LogP contribution in [0.2, 0.25) is 5.28 Å². The second kappa shape index (κ2) is 8.44. The van der Waals surface area contributed by atoms with Crippen molar-refractivity contribution >= 4 is 29.4 Å². The minimum Gasteiger partial charge on any atom is -0.456 e. The molecule has 144 valence electrons. The van der Waals surface area contributed by atoms with Gasteiger partial charge < -0.3 is 14.8 Å². The molecule has 0 bridgehead atoms. The summed E-state index contributed by atoms with van der Waals surface area (Å²) in [6.45, 7) is 9.89. The van der Waals surface area contributed by atoms with E-state index in [1.54, 1.807) is 41.5 Å². The Kier molecular flexibility index (Phi) is 7.08. The average molecular weight is 386 g/mol. The number of carbonyl (C=O) groups excluding carboxylic acids is 3. The van der Waals surface area contributed by atoms with E-state index in [4.69, 9.17) is 21.1 Å². The topological polar surface area (TPSA) is 107 Å². The van der Waals surface area contributed by atoms with Crippen molar-refractivity contribution in [3.8, 4) is 0 Å². The predicted molar refractivity (Wildman–Crippen MR) is 94.9 cm³/mol. The molecule has 0 aliphatic rings. The molecule has 1 aromatic heterocycles. The molecular formula is C17H24ClN3O5. The van der Waals surface area contributed by atoms with Crippen LogP contribution >= 0.6 is 11.6 Å². The Morgan fingerprint density at radius 3 is 2.12 bits per heavy atom. The maximum atomic E-state index is 12.4. The number of hydrogen-bond donors (Lipinski definition) is 1. The molecule has 1 heterocycles. The molecular weight excluding hydrogens is 362 g/mol. The van der Waals surface area contributed by atoms with E-state index in [0.29, 0.717) is 0 Å². The van der Waals surface area contributed by atoms with E-state index in [1.807, 2.05) is 0 Å². The standard InChI is InChI=1S/C17H24ClN3O5/c1-16(2,3)12(21-15(24)26-17(4,5)6)13(23)25-9-11(22)10-7-19-14(18)20-8-10/h7-8,12H,9H2,1-6H3,(H,21,24)/t12-/m1/s1. The van der Waals surface area contributed by atoms with Gasteiger partial charge in [-0.05, 0) is 37.8 Å². The first-order valence-electron chi connectivity index (χ1n) is 7.96. The Morgan fingerprint density at radius 1 is 1.12 bits per heavy atom.